The number of para-hydroxylation sites is 1. The minimum absolute atomic E-state index is 0.420. The Labute approximate surface area is 129 Å². The van der Waals surface area contributed by atoms with E-state index in [2.05, 4.69) is 10.3 Å². The summed E-state index contributed by atoms with van der Waals surface area (Å²) in [6.45, 7) is 3.83. The molecule has 0 saturated heterocycles. The van der Waals surface area contributed by atoms with Crippen LogP contribution < -0.4 is 11.1 Å². The maximum absolute atomic E-state index is 11.5. The summed E-state index contributed by atoms with van der Waals surface area (Å²) in [7, 11) is 0. The minimum atomic E-state index is -0.420. The molecular formula is C18H17N3O. The van der Waals surface area contributed by atoms with Gasteiger partial charge in [0, 0.05) is 28.0 Å². The van der Waals surface area contributed by atoms with Crippen molar-refractivity contribution < 1.29 is 4.79 Å². The van der Waals surface area contributed by atoms with Crippen LogP contribution in [-0.4, -0.2) is 10.9 Å². The number of amides is 1. The molecule has 1 heterocycles. The summed E-state index contributed by atoms with van der Waals surface area (Å²) >= 11 is 0. The number of nitrogens with zero attached hydrogens (tertiary/aromatic N) is 1. The third-order valence-electron chi connectivity index (χ3n) is 3.63. The van der Waals surface area contributed by atoms with E-state index in [1.807, 2.05) is 56.3 Å². The molecule has 0 fully saturated rings. The maximum atomic E-state index is 11.5. The van der Waals surface area contributed by atoms with Crippen molar-refractivity contribution in [2.75, 3.05) is 5.32 Å². The Kier molecular flexibility index (Phi) is 3.51. The zero-order valence-electron chi connectivity index (χ0n) is 12.6. The van der Waals surface area contributed by atoms with Gasteiger partial charge in [-0.3, -0.25) is 9.78 Å². The lowest BCUT2D eigenvalue weighted by molar-refractivity contribution is 0.1000. The zero-order valence-corrected chi connectivity index (χ0v) is 12.6. The average Bonchev–Trinajstić information content (AvgIpc) is 2.48. The van der Waals surface area contributed by atoms with E-state index < -0.39 is 5.91 Å². The van der Waals surface area contributed by atoms with Crippen LogP contribution in [0.4, 0.5) is 11.4 Å². The molecule has 1 aromatic heterocycles. The molecule has 0 bridgehead atoms. The van der Waals surface area contributed by atoms with Gasteiger partial charge in [0.05, 0.1) is 5.52 Å². The number of fused-ring (bicyclic) bond motifs is 1. The van der Waals surface area contributed by atoms with Gasteiger partial charge in [0.15, 0.2) is 0 Å². The molecule has 0 saturated carbocycles. The normalized spacial score (nSPS) is 10.6. The van der Waals surface area contributed by atoms with Crippen LogP contribution >= 0.6 is 0 Å². The average molecular weight is 291 g/mol. The van der Waals surface area contributed by atoms with Gasteiger partial charge in [-0.15, -0.1) is 0 Å². The van der Waals surface area contributed by atoms with Crippen molar-refractivity contribution in [1.29, 1.82) is 0 Å². The summed E-state index contributed by atoms with van der Waals surface area (Å²) in [5.41, 5.74) is 10.5. The topological polar surface area (TPSA) is 68.0 Å². The zero-order chi connectivity index (χ0) is 15.7. The standard InChI is InChI=1S/C18H17N3O/c1-11-7-8-13(10-15(11)18(19)22)21-17-9-12(2)20-16-6-4-3-5-14(16)17/h3-10H,1-2H3,(H2,19,22)(H,20,21). The molecular weight excluding hydrogens is 274 g/mol. The van der Waals surface area contributed by atoms with Crippen LogP contribution in [0, 0.1) is 13.8 Å². The van der Waals surface area contributed by atoms with E-state index in [0.29, 0.717) is 5.56 Å². The van der Waals surface area contributed by atoms with E-state index in [1.54, 1.807) is 6.07 Å². The first-order chi connectivity index (χ1) is 10.5. The number of hydrogen-bond donors (Lipinski definition) is 2. The second kappa shape index (κ2) is 5.48. The van der Waals surface area contributed by atoms with Gasteiger partial charge in [-0.05, 0) is 43.7 Å². The quantitative estimate of drug-likeness (QED) is 0.773. The Hall–Kier alpha value is -2.88. The number of primary amides is 1. The molecule has 0 spiro atoms. The smallest absolute Gasteiger partial charge is 0.249 e. The van der Waals surface area contributed by atoms with Crippen molar-refractivity contribution in [1.82, 2.24) is 4.98 Å². The van der Waals surface area contributed by atoms with Gasteiger partial charge < -0.3 is 11.1 Å². The van der Waals surface area contributed by atoms with E-state index in [0.717, 1.165) is 33.5 Å². The largest absolute Gasteiger partial charge is 0.366 e. The van der Waals surface area contributed by atoms with Gasteiger partial charge in [-0.1, -0.05) is 24.3 Å². The van der Waals surface area contributed by atoms with Gasteiger partial charge in [0.25, 0.3) is 0 Å². The number of carbonyl (C=O) groups is 1. The van der Waals surface area contributed by atoms with Crippen LogP contribution in [0.5, 0.6) is 0 Å². The van der Waals surface area contributed by atoms with Crippen molar-refractivity contribution >= 4 is 28.2 Å². The van der Waals surface area contributed by atoms with E-state index in [1.165, 1.54) is 0 Å². The van der Waals surface area contributed by atoms with Crippen molar-refractivity contribution in [3.05, 3.63) is 65.4 Å². The maximum Gasteiger partial charge on any atom is 0.249 e. The number of aromatic nitrogens is 1. The van der Waals surface area contributed by atoms with Crippen molar-refractivity contribution in [2.24, 2.45) is 5.73 Å². The molecule has 0 aliphatic rings. The number of nitrogens with two attached hydrogens (primary N) is 1. The molecule has 0 aliphatic carbocycles. The summed E-state index contributed by atoms with van der Waals surface area (Å²) in [5.74, 6) is -0.420. The Morgan fingerprint density at radius 2 is 1.86 bits per heavy atom. The Morgan fingerprint density at radius 3 is 2.64 bits per heavy atom. The van der Waals surface area contributed by atoms with Crippen LogP contribution in [0.15, 0.2) is 48.5 Å². The molecule has 110 valence electrons. The van der Waals surface area contributed by atoms with Crippen LogP contribution in [0.1, 0.15) is 21.6 Å². The van der Waals surface area contributed by atoms with Gasteiger partial charge >= 0.3 is 0 Å². The number of pyridine rings is 1. The lowest BCUT2D eigenvalue weighted by Crippen LogP contribution is -2.12. The highest BCUT2D eigenvalue weighted by Gasteiger charge is 2.08. The predicted molar refractivity (Wildman–Crippen MR) is 89.5 cm³/mol. The number of aryl methyl sites for hydroxylation is 2. The molecule has 4 heteroatoms. The number of anilines is 2. The van der Waals surface area contributed by atoms with Gasteiger partial charge in [0.2, 0.25) is 5.91 Å². The summed E-state index contributed by atoms with van der Waals surface area (Å²) in [4.78, 5) is 16.0. The van der Waals surface area contributed by atoms with E-state index in [-0.39, 0.29) is 0 Å². The highest BCUT2D eigenvalue weighted by atomic mass is 16.1. The third-order valence-corrected chi connectivity index (χ3v) is 3.63. The van der Waals surface area contributed by atoms with Crippen LogP contribution in [0.3, 0.4) is 0 Å². The van der Waals surface area contributed by atoms with E-state index in [4.69, 9.17) is 5.73 Å². The highest BCUT2D eigenvalue weighted by molar-refractivity contribution is 5.97. The molecule has 4 nitrogen and oxygen atoms in total. The number of rotatable bonds is 3. The Balaban J connectivity index is 2.07. The number of nitrogens with one attached hydrogen (secondary N) is 1. The van der Waals surface area contributed by atoms with Crippen LogP contribution in [0.25, 0.3) is 10.9 Å². The first-order valence-corrected chi connectivity index (χ1v) is 7.08. The molecule has 3 aromatic rings. The minimum Gasteiger partial charge on any atom is -0.366 e. The summed E-state index contributed by atoms with van der Waals surface area (Å²) in [6, 6.07) is 15.5. The molecule has 0 aliphatic heterocycles. The molecule has 0 radical (unpaired) electrons. The lowest BCUT2D eigenvalue weighted by atomic mass is 10.1. The molecule has 1 amide bonds. The lowest BCUT2D eigenvalue weighted by Gasteiger charge is -2.12. The second-order valence-corrected chi connectivity index (χ2v) is 5.35. The van der Waals surface area contributed by atoms with Gasteiger partial charge in [-0.2, -0.15) is 0 Å². The summed E-state index contributed by atoms with van der Waals surface area (Å²) < 4.78 is 0. The predicted octanol–water partition coefficient (Wildman–Crippen LogP) is 3.69. The third kappa shape index (κ3) is 2.63. The number of hydrogen-bond acceptors (Lipinski definition) is 3. The molecule has 2 aromatic carbocycles. The van der Waals surface area contributed by atoms with E-state index >= 15 is 0 Å². The summed E-state index contributed by atoms with van der Waals surface area (Å²) in [5, 5.41) is 4.40. The van der Waals surface area contributed by atoms with E-state index in [9.17, 15) is 4.79 Å². The van der Waals surface area contributed by atoms with Gasteiger partial charge in [-0.25, -0.2) is 0 Å². The van der Waals surface area contributed by atoms with Crippen LogP contribution in [-0.2, 0) is 0 Å². The number of carbonyl (C=O) groups excluding carboxylic acids is 1. The second-order valence-electron chi connectivity index (χ2n) is 5.35. The Morgan fingerprint density at radius 1 is 1.09 bits per heavy atom. The molecule has 0 unspecified atom stereocenters. The fraction of sp³-hybridized carbons (Fsp3) is 0.111. The van der Waals surface area contributed by atoms with Crippen LogP contribution in [0.2, 0.25) is 0 Å². The SMILES string of the molecule is Cc1cc(Nc2ccc(C)c(C(N)=O)c2)c2ccccc2n1. The highest BCUT2D eigenvalue weighted by Crippen LogP contribution is 2.27. The molecule has 0 atom stereocenters. The fourth-order valence-corrected chi connectivity index (χ4v) is 2.53. The molecule has 22 heavy (non-hydrogen) atoms. The van der Waals surface area contributed by atoms with Crippen molar-refractivity contribution in [3.8, 4) is 0 Å². The number of benzene rings is 2. The summed E-state index contributed by atoms with van der Waals surface area (Å²) in [6.07, 6.45) is 0. The van der Waals surface area contributed by atoms with Crippen molar-refractivity contribution in [2.45, 2.75) is 13.8 Å². The molecule has 3 N–H and O–H groups in total. The first-order valence-electron chi connectivity index (χ1n) is 7.08. The van der Waals surface area contributed by atoms with Gasteiger partial charge in [0.1, 0.15) is 0 Å². The monoisotopic (exact) mass is 291 g/mol. The first kappa shape index (κ1) is 14.1. The fourth-order valence-electron chi connectivity index (χ4n) is 2.53. The van der Waals surface area contributed by atoms with Crippen molar-refractivity contribution in [3.63, 3.8) is 0 Å². The molecule has 3 rings (SSSR count). The Bertz CT molecular complexity index is 871.